The molecule has 3 amide bonds. The zero-order chi connectivity index (χ0) is 20.9. The van der Waals surface area contributed by atoms with E-state index in [4.69, 9.17) is 4.99 Å². The third-order valence-electron chi connectivity index (χ3n) is 5.86. The monoisotopic (exact) mass is 396 g/mol. The van der Waals surface area contributed by atoms with E-state index in [1.165, 1.54) is 4.90 Å². The fourth-order valence-electron chi connectivity index (χ4n) is 4.08. The van der Waals surface area contributed by atoms with E-state index in [1.807, 2.05) is 63.3 Å². The minimum Gasteiger partial charge on any atom is -0.313 e. The van der Waals surface area contributed by atoms with Crippen molar-refractivity contribution in [2.24, 2.45) is 4.99 Å². The fourth-order valence-corrected chi connectivity index (χ4v) is 4.08. The number of fused-ring (bicyclic) bond motifs is 3. The second-order valence-electron chi connectivity index (χ2n) is 8.16. The molecule has 8 heteroatoms. The average molecular weight is 396 g/mol. The zero-order valence-corrected chi connectivity index (χ0v) is 17.7. The van der Waals surface area contributed by atoms with E-state index in [0.29, 0.717) is 0 Å². The van der Waals surface area contributed by atoms with Crippen LogP contribution >= 0.6 is 0 Å². The number of rotatable bonds is 5. The minimum absolute atomic E-state index is 0.196. The third-order valence-corrected chi connectivity index (χ3v) is 5.86. The van der Waals surface area contributed by atoms with Crippen molar-refractivity contribution >= 4 is 17.9 Å². The highest BCUT2D eigenvalue weighted by molar-refractivity contribution is 6.04. The van der Waals surface area contributed by atoms with E-state index in [-0.39, 0.29) is 18.5 Å². The predicted molar refractivity (Wildman–Crippen MR) is 111 cm³/mol. The first kappa shape index (κ1) is 19.4. The van der Waals surface area contributed by atoms with Crippen LogP contribution in [0.1, 0.15) is 18.1 Å². The summed E-state index contributed by atoms with van der Waals surface area (Å²) in [7, 11) is 5.79. The SMILES string of the molecule is CC1=CN2C(=NC3C2C(=O)N(Cc2ccccc2C)C(=O)N3C)N1CCN(C)C. The molecule has 29 heavy (non-hydrogen) atoms. The number of imide groups is 1. The number of carbonyl (C=O) groups is 2. The van der Waals surface area contributed by atoms with E-state index in [1.54, 1.807) is 11.9 Å². The van der Waals surface area contributed by atoms with Crippen LogP contribution < -0.4 is 0 Å². The quantitative estimate of drug-likeness (QED) is 0.755. The van der Waals surface area contributed by atoms with Crippen LogP contribution in [0.25, 0.3) is 0 Å². The maximum absolute atomic E-state index is 13.4. The third kappa shape index (κ3) is 3.17. The first-order chi connectivity index (χ1) is 13.8. The van der Waals surface area contributed by atoms with Crippen molar-refractivity contribution in [1.29, 1.82) is 0 Å². The summed E-state index contributed by atoms with van der Waals surface area (Å²) in [5.74, 6) is 0.559. The van der Waals surface area contributed by atoms with Crippen molar-refractivity contribution in [2.75, 3.05) is 34.2 Å². The van der Waals surface area contributed by atoms with Crippen molar-refractivity contribution in [1.82, 2.24) is 24.5 Å². The van der Waals surface area contributed by atoms with Crippen LogP contribution in [0.4, 0.5) is 4.79 Å². The number of guanidine groups is 1. The first-order valence-electron chi connectivity index (χ1n) is 9.89. The van der Waals surface area contributed by atoms with Gasteiger partial charge >= 0.3 is 6.03 Å². The molecule has 2 unspecified atom stereocenters. The van der Waals surface area contributed by atoms with Crippen LogP contribution in [0.3, 0.4) is 0 Å². The lowest BCUT2D eigenvalue weighted by Gasteiger charge is -2.40. The van der Waals surface area contributed by atoms with Gasteiger partial charge in [0.2, 0.25) is 5.96 Å². The summed E-state index contributed by atoms with van der Waals surface area (Å²) in [6.07, 6.45) is 1.48. The topological polar surface area (TPSA) is 62.7 Å². The molecule has 1 aromatic carbocycles. The van der Waals surface area contributed by atoms with E-state index < -0.39 is 12.2 Å². The summed E-state index contributed by atoms with van der Waals surface area (Å²) in [6.45, 7) is 5.94. The molecule has 3 heterocycles. The predicted octanol–water partition coefficient (Wildman–Crippen LogP) is 1.49. The molecule has 2 atom stereocenters. The molecule has 0 aliphatic carbocycles. The van der Waals surface area contributed by atoms with E-state index in [2.05, 4.69) is 9.80 Å². The van der Waals surface area contributed by atoms with Gasteiger partial charge in [0.25, 0.3) is 5.91 Å². The van der Waals surface area contributed by atoms with Gasteiger partial charge in [-0.1, -0.05) is 24.3 Å². The molecule has 3 aliphatic rings. The number of benzene rings is 1. The molecule has 0 spiro atoms. The Morgan fingerprint density at radius 1 is 1.10 bits per heavy atom. The minimum atomic E-state index is -0.518. The number of aliphatic imine (C=N–C) groups is 1. The van der Waals surface area contributed by atoms with Crippen molar-refractivity contribution in [3.63, 3.8) is 0 Å². The molecule has 0 radical (unpaired) electrons. The van der Waals surface area contributed by atoms with Gasteiger partial charge in [-0.2, -0.15) is 0 Å². The lowest BCUT2D eigenvalue weighted by atomic mass is 10.1. The molecular weight excluding hydrogens is 368 g/mol. The van der Waals surface area contributed by atoms with Gasteiger partial charge in [-0.15, -0.1) is 0 Å². The summed E-state index contributed by atoms with van der Waals surface area (Å²) in [4.78, 5) is 40.3. The Kier molecular flexibility index (Phi) is 4.82. The van der Waals surface area contributed by atoms with Gasteiger partial charge in [0.15, 0.2) is 12.2 Å². The Balaban J connectivity index is 1.61. The van der Waals surface area contributed by atoms with Crippen molar-refractivity contribution in [3.8, 4) is 0 Å². The number of likely N-dealkylation sites (N-methyl/N-ethyl adjacent to an activating group) is 2. The van der Waals surface area contributed by atoms with Gasteiger partial charge in [0.05, 0.1) is 6.54 Å². The average Bonchev–Trinajstić information content (AvgIpc) is 3.18. The number of nitrogens with zero attached hydrogens (tertiary/aromatic N) is 6. The van der Waals surface area contributed by atoms with Crippen LogP contribution in [-0.4, -0.2) is 88.8 Å². The smallest absolute Gasteiger partial charge is 0.313 e. The molecule has 1 saturated heterocycles. The maximum atomic E-state index is 13.4. The normalized spacial score (nSPS) is 23.7. The van der Waals surface area contributed by atoms with Crippen LogP contribution in [-0.2, 0) is 11.3 Å². The van der Waals surface area contributed by atoms with Gasteiger partial charge in [-0.05, 0) is 39.1 Å². The zero-order valence-electron chi connectivity index (χ0n) is 17.7. The molecule has 3 aliphatic heterocycles. The molecule has 1 fully saturated rings. The molecule has 0 aromatic heterocycles. The Labute approximate surface area is 171 Å². The first-order valence-corrected chi connectivity index (χ1v) is 9.89. The summed E-state index contributed by atoms with van der Waals surface area (Å²) in [5, 5.41) is 0. The van der Waals surface area contributed by atoms with Gasteiger partial charge in [0, 0.05) is 32.0 Å². The number of hydrogen-bond acceptors (Lipinski definition) is 6. The van der Waals surface area contributed by atoms with Gasteiger partial charge in [0.1, 0.15) is 0 Å². The van der Waals surface area contributed by atoms with E-state index >= 15 is 0 Å². The standard InChI is InChI=1S/C21H28N6O2/c1-14-8-6-7-9-16(14)13-27-19(28)17-18(24(5)21(27)29)22-20-25(11-10-23(3)4)15(2)12-26(17)20/h6-9,12,17-18H,10-11,13H2,1-5H3. The summed E-state index contributed by atoms with van der Waals surface area (Å²) in [6, 6.07) is 7.02. The molecule has 0 N–H and O–H groups in total. The molecule has 0 saturated carbocycles. The van der Waals surface area contributed by atoms with Gasteiger partial charge in [-0.25, -0.2) is 9.79 Å². The molecule has 0 bridgehead atoms. The Bertz CT molecular complexity index is 908. The van der Waals surface area contributed by atoms with Crippen LogP contribution in [0.2, 0.25) is 0 Å². The summed E-state index contributed by atoms with van der Waals surface area (Å²) < 4.78 is 0. The molecular formula is C21H28N6O2. The highest BCUT2D eigenvalue weighted by Crippen LogP contribution is 2.34. The lowest BCUT2D eigenvalue weighted by Crippen LogP contribution is -2.63. The van der Waals surface area contributed by atoms with Gasteiger partial charge in [-0.3, -0.25) is 9.69 Å². The van der Waals surface area contributed by atoms with Crippen LogP contribution in [0.5, 0.6) is 0 Å². The van der Waals surface area contributed by atoms with Crippen molar-refractivity contribution in [3.05, 3.63) is 47.3 Å². The molecule has 154 valence electrons. The second-order valence-corrected chi connectivity index (χ2v) is 8.16. The van der Waals surface area contributed by atoms with Crippen molar-refractivity contribution < 1.29 is 9.59 Å². The number of amides is 3. The largest absolute Gasteiger partial charge is 0.328 e. The molecule has 8 nitrogen and oxygen atoms in total. The lowest BCUT2D eigenvalue weighted by molar-refractivity contribution is -0.137. The maximum Gasteiger partial charge on any atom is 0.328 e. The number of hydrogen-bond donors (Lipinski definition) is 0. The molecule has 4 rings (SSSR count). The van der Waals surface area contributed by atoms with Crippen LogP contribution in [0, 0.1) is 6.92 Å². The van der Waals surface area contributed by atoms with Gasteiger partial charge < -0.3 is 19.6 Å². The second kappa shape index (κ2) is 7.18. The fraction of sp³-hybridized carbons (Fsp3) is 0.476. The number of aryl methyl sites for hydroxylation is 1. The van der Waals surface area contributed by atoms with Crippen molar-refractivity contribution in [2.45, 2.75) is 32.6 Å². The highest BCUT2D eigenvalue weighted by Gasteiger charge is 2.54. The Morgan fingerprint density at radius 2 is 1.83 bits per heavy atom. The Hall–Kier alpha value is -2.87. The van der Waals surface area contributed by atoms with Crippen LogP contribution in [0.15, 0.2) is 41.2 Å². The van der Waals surface area contributed by atoms with E-state index in [0.717, 1.165) is 35.9 Å². The highest BCUT2D eigenvalue weighted by atomic mass is 16.2. The number of urea groups is 1. The molecule has 1 aromatic rings. The number of allylic oxidation sites excluding steroid dienone is 1. The number of carbonyl (C=O) groups excluding carboxylic acids is 2. The summed E-state index contributed by atoms with van der Waals surface area (Å²) >= 11 is 0. The van der Waals surface area contributed by atoms with E-state index in [9.17, 15) is 9.59 Å². The Morgan fingerprint density at radius 3 is 2.52 bits per heavy atom. The summed E-state index contributed by atoms with van der Waals surface area (Å²) in [5.41, 5.74) is 3.09.